The van der Waals surface area contributed by atoms with Crippen LogP contribution in [0.1, 0.15) is 11.1 Å². The Balaban J connectivity index is 1.58. The van der Waals surface area contributed by atoms with Gasteiger partial charge in [0.25, 0.3) is 5.92 Å². The maximum atomic E-state index is 13.6. The summed E-state index contributed by atoms with van der Waals surface area (Å²) in [4.78, 5) is 1.49. The van der Waals surface area contributed by atoms with Crippen molar-refractivity contribution in [2.75, 3.05) is 23.9 Å². The maximum Gasteiger partial charge on any atom is 0.573 e. The Labute approximate surface area is 199 Å². The Morgan fingerprint density at radius 1 is 1.18 bits per heavy atom. The van der Waals surface area contributed by atoms with Crippen molar-refractivity contribution in [2.24, 2.45) is 0 Å². The summed E-state index contributed by atoms with van der Waals surface area (Å²) in [5.41, 5.74) is 1.34. The van der Waals surface area contributed by atoms with E-state index < -0.39 is 48.4 Å². The maximum absolute atomic E-state index is 13.6. The number of ether oxygens (including phenoxy) is 1. The molecule has 1 fully saturated rings. The number of alkyl halides is 5. The third-order valence-electron chi connectivity index (χ3n) is 5.62. The highest BCUT2D eigenvalue weighted by molar-refractivity contribution is 7.81. The molecule has 3 aromatic rings. The average molecular weight is 520 g/mol. The molecule has 0 spiro atoms. The van der Waals surface area contributed by atoms with Gasteiger partial charge >= 0.3 is 6.36 Å². The molecule has 1 aliphatic rings. The minimum atomic E-state index is -4.83. The zero-order chi connectivity index (χ0) is 24.7. The van der Waals surface area contributed by atoms with Crippen LogP contribution in [0, 0.1) is 6.92 Å². The number of hydrogen-bond acceptors (Lipinski definition) is 5. The average Bonchev–Trinajstić information content (AvgIpc) is 3.05. The molecule has 0 bridgehead atoms. The van der Waals surface area contributed by atoms with Crippen molar-refractivity contribution >= 4 is 37.7 Å². The number of likely N-dealkylation sites (tertiary alicyclic amines) is 1. The number of rotatable bonds is 8. The number of hydrogen-bond donors (Lipinski definition) is 0. The van der Waals surface area contributed by atoms with E-state index in [1.54, 1.807) is 6.92 Å². The van der Waals surface area contributed by atoms with Gasteiger partial charge in [-0.3, -0.25) is 13.4 Å². The van der Waals surface area contributed by atoms with Crippen molar-refractivity contribution in [1.82, 2.24) is 4.90 Å². The van der Waals surface area contributed by atoms with Gasteiger partial charge < -0.3 is 9.29 Å². The van der Waals surface area contributed by atoms with Crippen molar-refractivity contribution in [2.45, 2.75) is 31.7 Å². The Morgan fingerprint density at radius 3 is 2.38 bits per heavy atom. The van der Waals surface area contributed by atoms with E-state index in [1.165, 1.54) is 32.7 Å². The molecule has 0 N–H and O–H groups in total. The summed E-state index contributed by atoms with van der Waals surface area (Å²) < 4.78 is 94.8. The smallest absolute Gasteiger partial charge is 0.573 e. The molecular formula is C22H20F5N2O3S2-. The van der Waals surface area contributed by atoms with Gasteiger partial charge in [-0.1, -0.05) is 30.3 Å². The lowest BCUT2D eigenvalue weighted by Crippen LogP contribution is -2.62. The van der Waals surface area contributed by atoms with Gasteiger partial charge in [-0.2, -0.15) is 0 Å². The molecule has 1 saturated heterocycles. The molecule has 5 nitrogen and oxygen atoms in total. The van der Waals surface area contributed by atoms with Crippen LogP contribution in [-0.2, 0) is 17.7 Å². The second-order valence-electron chi connectivity index (χ2n) is 8.12. The molecule has 2 unspecified atom stereocenters. The summed E-state index contributed by atoms with van der Waals surface area (Å²) >= 11 is -1.37. The first-order valence-corrected chi connectivity index (χ1v) is 12.1. The Hall–Kier alpha value is -2.28. The van der Waals surface area contributed by atoms with Crippen molar-refractivity contribution in [3.05, 3.63) is 59.7 Å². The van der Waals surface area contributed by atoms with Crippen LogP contribution in [-0.4, -0.2) is 51.6 Å². The van der Waals surface area contributed by atoms with Crippen LogP contribution in [0.2, 0.25) is 0 Å². The molecule has 0 radical (unpaired) electrons. The first-order valence-electron chi connectivity index (χ1n) is 10.2. The monoisotopic (exact) mass is 519 g/mol. The quantitative estimate of drug-likeness (QED) is 0.301. The molecule has 2 aromatic carbocycles. The van der Waals surface area contributed by atoms with Gasteiger partial charge in [0.05, 0.1) is 13.1 Å². The Bertz CT molecular complexity index is 1180. The van der Waals surface area contributed by atoms with Crippen LogP contribution < -0.4 is 9.04 Å². The molecule has 1 aromatic heterocycles. The van der Waals surface area contributed by atoms with E-state index >= 15 is 0 Å². The summed E-state index contributed by atoms with van der Waals surface area (Å²) in [6.45, 7) is 0.691. The van der Waals surface area contributed by atoms with Crippen molar-refractivity contribution in [3.63, 3.8) is 0 Å². The van der Waals surface area contributed by atoms with Crippen LogP contribution in [0.25, 0.3) is 10.1 Å². The van der Waals surface area contributed by atoms with E-state index in [2.05, 4.69) is 4.74 Å². The number of fused-ring (bicyclic) bond motifs is 1. The molecule has 34 heavy (non-hydrogen) atoms. The highest BCUT2D eigenvalue weighted by Gasteiger charge is 2.47. The fraction of sp³-hybridized carbons (Fsp3) is 0.364. The summed E-state index contributed by atoms with van der Waals surface area (Å²) in [6.07, 6.45) is -4.66. The van der Waals surface area contributed by atoms with Gasteiger partial charge in [-0.25, -0.2) is 8.78 Å². The second kappa shape index (κ2) is 9.40. The first-order chi connectivity index (χ1) is 15.9. The zero-order valence-corrected chi connectivity index (χ0v) is 19.5. The van der Waals surface area contributed by atoms with Gasteiger partial charge in [0.15, 0.2) is 0 Å². The van der Waals surface area contributed by atoms with Crippen LogP contribution in [0.5, 0.6) is 5.75 Å². The minimum absolute atomic E-state index is 0.0827. The van der Waals surface area contributed by atoms with Gasteiger partial charge in [-0.05, 0) is 48.1 Å². The van der Waals surface area contributed by atoms with E-state index in [0.29, 0.717) is 10.6 Å². The predicted molar refractivity (Wildman–Crippen MR) is 120 cm³/mol. The van der Waals surface area contributed by atoms with E-state index in [4.69, 9.17) is 0 Å². The van der Waals surface area contributed by atoms with E-state index in [1.807, 2.05) is 24.3 Å². The van der Waals surface area contributed by atoms with E-state index in [0.717, 1.165) is 27.8 Å². The lowest BCUT2D eigenvalue weighted by Gasteiger charge is -2.45. The van der Waals surface area contributed by atoms with E-state index in [-0.39, 0.29) is 13.0 Å². The van der Waals surface area contributed by atoms with Crippen LogP contribution >= 0.6 is 11.3 Å². The predicted octanol–water partition coefficient (Wildman–Crippen LogP) is 5.27. The Morgan fingerprint density at radius 2 is 1.82 bits per heavy atom. The molecule has 2 atom stereocenters. The number of benzene rings is 2. The highest BCUT2D eigenvalue weighted by Crippen LogP contribution is 2.39. The summed E-state index contributed by atoms with van der Waals surface area (Å²) in [5.74, 6) is -3.26. The van der Waals surface area contributed by atoms with Crippen LogP contribution in [0.3, 0.4) is 0 Å². The molecular weight excluding hydrogens is 499 g/mol. The molecule has 0 aliphatic carbocycles. The fourth-order valence-electron chi connectivity index (χ4n) is 4.02. The number of aryl methyl sites for hydroxylation is 1. The van der Waals surface area contributed by atoms with Gasteiger partial charge in [0, 0.05) is 28.6 Å². The van der Waals surface area contributed by atoms with Crippen molar-refractivity contribution < 1.29 is 35.5 Å². The van der Waals surface area contributed by atoms with Gasteiger partial charge in [0.2, 0.25) is 0 Å². The molecule has 184 valence electrons. The molecule has 0 amide bonds. The van der Waals surface area contributed by atoms with Crippen LogP contribution in [0.4, 0.5) is 27.0 Å². The standard InChI is InChI=1S/C22H21F5N2O3S2/c1-14-18-4-2-3-5-19(18)33-20(14)29(34(30)31)11-16(28-12-21(23,24)13-28)10-15-6-8-17(9-7-15)32-22(25,26)27/h2-9,16H,10-13H2,1H3,(H,30,31)/p-1. The molecule has 4 rings (SSSR count). The summed E-state index contributed by atoms with van der Waals surface area (Å²) in [5, 5.41) is 1.41. The van der Waals surface area contributed by atoms with Crippen LogP contribution in [0.15, 0.2) is 48.5 Å². The largest absolute Gasteiger partial charge is 0.755 e. The number of nitrogens with zero attached hydrogens (tertiary/aromatic N) is 2. The molecule has 1 aliphatic heterocycles. The van der Waals surface area contributed by atoms with Crippen molar-refractivity contribution in [3.8, 4) is 5.75 Å². The van der Waals surface area contributed by atoms with Crippen molar-refractivity contribution in [1.29, 1.82) is 0 Å². The minimum Gasteiger partial charge on any atom is -0.755 e. The fourth-order valence-corrected chi connectivity index (χ4v) is 6.00. The lowest BCUT2D eigenvalue weighted by molar-refractivity contribution is -0.274. The number of halogens is 5. The van der Waals surface area contributed by atoms with Gasteiger partial charge in [0.1, 0.15) is 10.8 Å². The first kappa shape index (κ1) is 24.8. The second-order valence-corrected chi connectivity index (χ2v) is 10.0. The number of anilines is 1. The summed E-state index contributed by atoms with van der Waals surface area (Å²) in [6, 6.07) is 11.9. The molecule has 12 heteroatoms. The molecule has 0 saturated carbocycles. The lowest BCUT2D eigenvalue weighted by atomic mass is 9.99. The third-order valence-corrected chi connectivity index (χ3v) is 7.72. The topological polar surface area (TPSA) is 55.8 Å². The molecule has 2 heterocycles. The normalized spacial score (nSPS) is 17.9. The zero-order valence-electron chi connectivity index (χ0n) is 17.9. The number of thiophene rings is 1. The third kappa shape index (κ3) is 5.68. The summed E-state index contributed by atoms with van der Waals surface area (Å²) in [7, 11) is 0. The van der Waals surface area contributed by atoms with E-state index in [9.17, 15) is 30.7 Å². The Kier molecular flexibility index (Phi) is 6.87. The SMILES string of the molecule is Cc1c(N(CC(Cc2ccc(OC(F)(F)F)cc2)N2CC(F)(F)C2)S(=O)[O-])sc2ccccc12. The van der Waals surface area contributed by atoms with Gasteiger partial charge in [-0.15, -0.1) is 24.5 Å². The highest BCUT2D eigenvalue weighted by atomic mass is 32.2.